The van der Waals surface area contributed by atoms with Crippen LogP contribution in [0.1, 0.15) is 24.1 Å². The molecule has 0 spiro atoms. The molecule has 1 aromatic heterocycles. The van der Waals surface area contributed by atoms with E-state index in [4.69, 9.17) is 10.5 Å². The number of ether oxygens (including phenoxy) is 1. The zero-order valence-electron chi connectivity index (χ0n) is 15.8. The standard InChI is InChI=1S/C20H28N4O2S/c1-27-20(7-9-26-10-8-20)14-22-19(25)18(21)11-17-13-24(15-23-17)12-16-5-3-2-4-6-16/h2-6,13,15,18H,7-12,14,21H2,1H3,(H,22,25)/t18-/m0/s1. The number of benzene rings is 1. The van der Waals surface area contributed by atoms with Crippen LogP contribution in [-0.4, -0.2) is 52.3 Å². The van der Waals surface area contributed by atoms with Crippen molar-refractivity contribution in [1.82, 2.24) is 14.9 Å². The van der Waals surface area contributed by atoms with E-state index in [-0.39, 0.29) is 10.7 Å². The Morgan fingerprint density at radius 2 is 2.11 bits per heavy atom. The Morgan fingerprint density at radius 1 is 1.37 bits per heavy atom. The smallest absolute Gasteiger partial charge is 0.237 e. The van der Waals surface area contributed by atoms with Crippen molar-refractivity contribution < 1.29 is 9.53 Å². The maximum Gasteiger partial charge on any atom is 0.237 e. The zero-order chi connectivity index (χ0) is 19.1. The van der Waals surface area contributed by atoms with Gasteiger partial charge in [0.25, 0.3) is 0 Å². The van der Waals surface area contributed by atoms with E-state index in [2.05, 4.69) is 28.7 Å². The molecule has 2 heterocycles. The van der Waals surface area contributed by atoms with E-state index in [9.17, 15) is 4.79 Å². The number of nitrogens with one attached hydrogen (secondary N) is 1. The normalized spacial score (nSPS) is 17.4. The van der Waals surface area contributed by atoms with Crippen molar-refractivity contribution in [3.8, 4) is 0 Å². The molecule has 1 atom stereocenters. The van der Waals surface area contributed by atoms with E-state index < -0.39 is 6.04 Å². The van der Waals surface area contributed by atoms with Crippen LogP contribution < -0.4 is 11.1 Å². The summed E-state index contributed by atoms with van der Waals surface area (Å²) >= 11 is 1.80. The molecule has 0 saturated carbocycles. The van der Waals surface area contributed by atoms with Crippen LogP contribution in [0.2, 0.25) is 0 Å². The SMILES string of the molecule is CSC1(CNC(=O)[C@@H](N)Cc2cn(Cc3ccccc3)cn2)CCOCC1. The van der Waals surface area contributed by atoms with E-state index in [1.165, 1.54) is 5.56 Å². The average Bonchev–Trinajstić information content (AvgIpc) is 3.14. The Bertz CT molecular complexity index is 729. The summed E-state index contributed by atoms with van der Waals surface area (Å²) in [5.74, 6) is -0.118. The highest BCUT2D eigenvalue weighted by Gasteiger charge is 2.32. The largest absolute Gasteiger partial charge is 0.381 e. The fourth-order valence-corrected chi connectivity index (χ4v) is 4.08. The zero-order valence-corrected chi connectivity index (χ0v) is 16.6. The van der Waals surface area contributed by atoms with Gasteiger partial charge in [-0.15, -0.1) is 0 Å². The Labute approximate surface area is 164 Å². The van der Waals surface area contributed by atoms with Crippen LogP contribution in [0, 0.1) is 0 Å². The Kier molecular flexibility index (Phi) is 6.93. The van der Waals surface area contributed by atoms with Gasteiger partial charge in [-0.1, -0.05) is 30.3 Å². The van der Waals surface area contributed by atoms with Crippen LogP contribution in [0.4, 0.5) is 0 Å². The van der Waals surface area contributed by atoms with Gasteiger partial charge in [0.15, 0.2) is 0 Å². The van der Waals surface area contributed by atoms with E-state index in [1.54, 1.807) is 18.1 Å². The van der Waals surface area contributed by atoms with Crippen LogP contribution in [-0.2, 0) is 22.5 Å². The van der Waals surface area contributed by atoms with Crippen LogP contribution >= 0.6 is 11.8 Å². The molecule has 2 aromatic rings. The number of carbonyl (C=O) groups excluding carboxylic acids is 1. The molecule has 0 aliphatic carbocycles. The summed E-state index contributed by atoms with van der Waals surface area (Å²) in [6, 6.07) is 9.61. The predicted octanol–water partition coefficient (Wildman–Crippen LogP) is 1.83. The molecular weight excluding hydrogens is 360 g/mol. The molecule has 1 amide bonds. The molecule has 1 aliphatic rings. The lowest BCUT2D eigenvalue weighted by Crippen LogP contribution is -2.49. The first-order chi connectivity index (χ1) is 13.1. The number of hydrogen-bond donors (Lipinski definition) is 2. The fraction of sp³-hybridized carbons (Fsp3) is 0.500. The Balaban J connectivity index is 1.49. The van der Waals surface area contributed by atoms with Gasteiger partial charge < -0.3 is 20.4 Å². The average molecular weight is 389 g/mol. The van der Waals surface area contributed by atoms with Gasteiger partial charge in [0.1, 0.15) is 0 Å². The van der Waals surface area contributed by atoms with Crippen molar-refractivity contribution in [2.75, 3.05) is 26.0 Å². The molecule has 1 fully saturated rings. The summed E-state index contributed by atoms with van der Waals surface area (Å²) in [6.07, 6.45) is 8.18. The summed E-state index contributed by atoms with van der Waals surface area (Å²) in [7, 11) is 0. The van der Waals surface area contributed by atoms with Crippen LogP contribution in [0.5, 0.6) is 0 Å². The maximum absolute atomic E-state index is 12.4. The third-order valence-electron chi connectivity index (χ3n) is 5.08. The number of thioether (sulfide) groups is 1. The van der Waals surface area contributed by atoms with Gasteiger partial charge in [-0.3, -0.25) is 4.79 Å². The molecule has 27 heavy (non-hydrogen) atoms. The lowest BCUT2D eigenvalue weighted by atomic mass is 9.98. The van der Waals surface area contributed by atoms with Crippen molar-refractivity contribution in [2.45, 2.75) is 36.6 Å². The van der Waals surface area contributed by atoms with Gasteiger partial charge in [0.05, 0.1) is 18.1 Å². The van der Waals surface area contributed by atoms with E-state index >= 15 is 0 Å². The van der Waals surface area contributed by atoms with Crippen LogP contribution in [0.15, 0.2) is 42.9 Å². The van der Waals surface area contributed by atoms with Gasteiger partial charge in [0, 0.05) is 43.7 Å². The molecule has 1 aromatic carbocycles. The first kappa shape index (κ1) is 19.9. The summed E-state index contributed by atoms with van der Waals surface area (Å²) in [4.78, 5) is 16.8. The quantitative estimate of drug-likeness (QED) is 0.721. The van der Waals surface area contributed by atoms with Crippen molar-refractivity contribution in [2.24, 2.45) is 5.73 Å². The summed E-state index contributed by atoms with van der Waals surface area (Å²) < 4.78 is 7.52. The van der Waals surface area contributed by atoms with Crippen LogP contribution in [0.3, 0.4) is 0 Å². The molecule has 0 unspecified atom stereocenters. The third kappa shape index (κ3) is 5.57. The predicted molar refractivity (Wildman–Crippen MR) is 109 cm³/mol. The first-order valence-corrected chi connectivity index (χ1v) is 10.5. The maximum atomic E-state index is 12.4. The molecule has 1 saturated heterocycles. The van der Waals surface area contributed by atoms with E-state index in [1.807, 2.05) is 29.0 Å². The van der Waals surface area contributed by atoms with E-state index in [0.717, 1.165) is 38.3 Å². The lowest BCUT2D eigenvalue weighted by Gasteiger charge is -2.35. The number of rotatable bonds is 8. The molecule has 3 N–H and O–H groups in total. The Hall–Kier alpha value is -1.83. The molecule has 0 radical (unpaired) electrons. The van der Waals surface area contributed by atoms with Crippen molar-refractivity contribution in [3.05, 3.63) is 54.1 Å². The molecule has 6 nitrogen and oxygen atoms in total. The number of hydrogen-bond acceptors (Lipinski definition) is 5. The Morgan fingerprint density at radius 3 is 2.81 bits per heavy atom. The summed E-state index contributed by atoms with van der Waals surface area (Å²) in [5, 5.41) is 3.04. The molecule has 1 aliphatic heterocycles. The number of imidazole rings is 1. The third-order valence-corrected chi connectivity index (χ3v) is 6.50. The highest BCUT2D eigenvalue weighted by atomic mass is 32.2. The fourth-order valence-electron chi connectivity index (χ4n) is 3.29. The second kappa shape index (κ2) is 9.39. The van der Waals surface area contributed by atoms with Gasteiger partial charge in [-0.2, -0.15) is 11.8 Å². The van der Waals surface area contributed by atoms with Crippen molar-refractivity contribution in [3.63, 3.8) is 0 Å². The minimum Gasteiger partial charge on any atom is -0.381 e. The highest BCUT2D eigenvalue weighted by molar-refractivity contribution is 8.00. The van der Waals surface area contributed by atoms with Gasteiger partial charge in [-0.05, 0) is 24.7 Å². The summed E-state index contributed by atoms with van der Waals surface area (Å²) in [5.41, 5.74) is 8.16. The number of nitrogens with two attached hydrogens (primary N) is 1. The summed E-state index contributed by atoms with van der Waals surface area (Å²) in [6.45, 7) is 2.89. The lowest BCUT2D eigenvalue weighted by molar-refractivity contribution is -0.122. The second-order valence-corrected chi connectivity index (χ2v) is 8.33. The van der Waals surface area contributed by atoms with Crippen molar-refractivity contribution >= 4 is 17.7 Å². The number of aromatic nitrogens is 2. The molecule has 146 valence electrons. The molecular formula is C20H28N4O2S. The minimum absolute atomic E-state index is 0.0604. The van der Waals surface area contributed by atoms with Gasteiger partial charge in [0.2, 0.25) is 5.91 Å². The topological polar surface area (TPSA) is 82.2 Å². The van der Waals surface area contributed by atoms with Gasteiger partial charge in [-0.25, -0.2) is 4.98 Å². The van der Waals surface area contributed by atoms with Crippen molar-refractivity contribution in [1.29, 1.82) is 0 Å². The molecule has 7 heteroatoms. The molecule has 3 rings (SSSR count). The van der Waals surface area contributed by atoms with Crippen LogP contribution in [0.25, 0.3) is 0 Å². The minimum atomic E-state index is -0.594. The first-order valence-electron chi connectivity index (χ1n) is 9.31. The number of nitrogens with zero attached hydrogens (tertiary/aromatic N) is 2. The second-order valence-electron chi connectivity index (χ2n) is 7.05. The van der Waals surface area contributed by atoms with Gasteiger partial charge >= 0.3 is 0 Å². The number of carbonyl (C=O) groups is 1. The highest BCUT2D eigenvalue weighted by Crippen LogP contribution is 2.32. The molecule has 0 bridgehead atoms. The van der Waals surface area contributed by atoms with E-state index in [0.29, 0.717) is 13.0 Å². The monoisotopic (exact) mass is 388 g/mol. The number of amides is 1.